The fourth-order valence-electron chi connectivity index (χ4n) is 1.34. The maximum Gasteiger partial charge on any atom is 0.416 e. The highest BCUT2D eigenvalue weighted by Gasteiger charge is 2.31. The second-order valence-corrected chi connectivity index (χ2v) is 6.48. The van der Waals surface area contributed by atoms with Crippen LogP contribution in [0.5, 0.6) is 0 Å². The van der Waals surface area contributed by atoms with Crippen LogP contribution in [0.25, 0.3) is 0 Å². The maximum atomic E-state index is 12.6. The lowest BCUT2D eigenvalue weighted by Crippen LogP contribution is -2.32. The van der Waals surface area contributed by atoms with E-state index < -0.39 is 28.4 Å². The van der Waals surface area contributed by atoms with Crippen molar-refractivity contribution >= 4 is 28.3 Å². The molecule has 0 unspecified atom stereocenters. The number of nitrogens with one attached hydrogen (secondary N) is 1. The number of halogens is 4. The van der Waals surface area contributed by atoms with Crippen molar-refractivity contribution in [2.75, 3.05) is 12.8 Å². The minimum atomic E-state index is -4.57. The fraction of sp³-hybridized carbons (Fsp3) is 0.417. The summed E-state index contributed by atoms with van der Waals surface area (Å²) in [6.45, 7) is 1.77. The lowest BCUT2D eigenvalue weighted by Gasteiger charge is -2.12. The van der Waals surface area contributed by atoms with Crippen LogP contribution in [0.4, 0.5) is 13.2 Å². The third-order valence-electron chi connectivity index (χ3n) is 2.60. The third kappa shape index (κ3) is 4.79. The lowest BCUT2D eigenvalue weighted by molar-refractivity contribution is -0.137. The fourth-order valence-corrected chi connectivity index (χ4v) is 1.89. The molecular weight excluding hydrogens is 315 g/mol. The maximum absolute atomic E-state index is 12.6. The Kier molecular flexibility index (Phi) is 5.59. The second kappa shape index (κ2) is 6.58. The van der Waals surface area contributed by atoms with Crippen molar-refractivity contribution in [1.82, 2.24) is 5.32 Å². The van der Waals surface area contributed by atoms with Crippen molar-refractivity contribution in [3.05, 3.63) is 34.3 Å². The number of amides is 1. The molecule has 1 aromatic rings. The van der Waals surface area contributed by atoms with Gasteiger partial charge in [-0.1, -0.05) is 11.6 Å². The molecule has 0 aliphatic carbocycles. The van der Waals surface area contributed by atoms with Crippen LogP contribution in [-0.2, 0) is 17.0 Å². The molecule has 0 aliphatic heterocycles. The molecule has 0 bridgehead atoms. The van der Waals surface area contributed by atoms with E-state index in [1.165, 1.54) is 6.26 Å². The Labute approximate surface area is 122 Å². The van der Waals surface area contributed by atoms with Gasteiger partial charge in [-0.25, -0.2) is 0 Å². The van der Waals surface area contributed by atoms with Gasteiger partial charge in [0.05, 0.1) is 5.56 Å². The summed E-state index contributed by atoms with van der Waals surface area (Å²) in [5, 5.41) is 1.97. The van der Waals surface area contributed by atoms with Gasteiger partial charge >= 0.3 is 6.18 Å². The number of hydrogen-bond acceptors (Lipinski definition) is 2. The largest absolute Gasteiger partial charge is 0.416 e. The van der Waals surface area contributed by atoms with Gasteiger partial charge in [0.1, 0.15) is 0 Å². The van der Waals surface area contributed by atoms with Gasteiger partial charge in [0.15, 0.2) is 0 Å². The molecule has 0 radical (unpaired) electrons. The van der Waals surface area contributed by atoms with E-state index in [9.17, 15) is 22.2 Å². The molecule has 0 aromatic heterocycles. The molecule has 1 N–H and O–H groups in total. The van der Waals surface area contributed by atoms with E-state index >= 15 is 0 Å². The van der Waals surface area contributed by atoms with Crippen LogP contribution in [0.15, 0.2) is 18.2 Å². The minimum Gasteiger partial charge on any atom is -0.351 e. The molecule has 0 saturated heterocycles. The van der Waals surface area contributed by atoms with E-state index in [1.54, 1.807) is 6.92 Å². The first-order valence-corrected chi connectivity index (χ1v) is 7.59. The Hall–Kier alpha value is -1.08. The van der Waals surface area contributed by atoms with E-state index in [2.05, 4.69) is 5.32 Å². The molecule has 20 heavy (non-hydrogen) atoms. The smallest absolute Gasteiger partial charge is 0.351 e. The molecule has 1 amide bonds. The van der Waals surface area contributed by atoms with E-state index in [0.29, 0.717) is 0 Å². The first-order chi connectivity index (χ1) is 9.11. The number of hydrogen-bond donors (Lipinski definition) is 1. The predicted octanol–water partition coefficient (Wildman–Crippen LogP) is 2.86. The van der Waals surface area contributed by atoms with Crippen LogP contribution in [-0.4, -0.2) is 28.2 Å². The van der Waals surface area contributed by atoms with E-state index in [1.807, 2.05) is 0 Å². The van der Waals surface area contributed by atoms with Gasteiger partial charge in [0, 0.05) is 39.4 Å². The summed E-state index contributed by atoms with van der Waals surface area (Å²) >= 11 is 5.58. The Balaban J connectivity index is 2.88. The van der Waals surface area contributed by atoms with Crippen molar-refractivity contribution in [3.8, 4) is 0 Å². The van der Waals surface area contributed by atoms with E-state index in [4.69, 9.17) is 11.6 Å². The topological polar surface area (TPSA) is 46.2 Å². The first kappa shape index (κ1) is 17.0. The van der Waals surface area contributed by atoms with Gasteiger partial charge in [-0.3, -0.25) is 9.00 Å². The zero-order chi connectivity index (χ0) is 15.5. The number of carbonyl (C=O) groups excluding carboxylic acids is 1. The average Bonchev–Trinajstić information content (AvgIpc) is 2.33. The summed E-state index contributed by atoms with van der Waals surface area (Å²) in [7, 11) is -1.13. The van der Waals surface area contributed by atoms with Crippen LogP contribution in [0.3, 0.4) is 0 Å². The molecule has 3 nitrogen and oxygen atoms in total. The molecule has 112 valence electrons. The summed E-state index contributed by atoms with van der Waals surface area (Å²) in [6.07, 6.45) is -3.09. The third-order valence-corrected chi connectivity index (χ3v) is 4.12. The highest BCUT2D eigenvalue weighted by molar-refractivity contribution is 7.84. The summed E-state index contributed by atoms with van der Waals surface area (Å²) in [5.41, 5.74) is -1.17. The van der Waals surface area contributed by atoms with Crippen LogP contribution in [0, 0.1) is 0 Å². The standard InChI is InChI=1S/C12H13ClF3NO2S/c1-7(20(2)19)6-17-11(18)8-3-9(12(14,15)16)5-10(13)4-8/h3-5,7H,6H2,1-2H3,(H,17,18)/t7-,20-/m0/s1. The zero-order valence-corrected chi connectivity index (χ0v) is 12.3. The Morgan fingerprint density at radius 1 is 1.40 bits per heavy atom. The van der Waals surface area contributed by atoms with Crippen molar-refractivity contribution in [3.63, 3.8) is 0 Å². The molecule has 0 aliphatic rings. The molecular formula is C12H13ClF3NO2S. The van der Waals surface area contributed by atoms with Crippen LogP contribution in [0.2, 0.25) is 5.02 Å². The molecule has 2 atom stereocenters. The first-order valence-electron chi connectivity index (χ1n) is 5.59. The SMILES string of the molecule is C[C@@H](CNC(=O)c1cc(Cl)cc(C(F)(F)F)c1)[S@](C)=O. The van der Waals surface area contributed by atoms with Crippen molar-refractivity contribution in [1.29, 1.82) is 0 Å². The number of rotatable bonds is 4. The Bertz CT molecular complexity index is 534. The number of alkyl halides is 3. The number of carbonyl (C=O) groups is 1. The molecule has 0 spiro atoms. The zero-order valence-electron chi connectivity index (χ0n) is 10.8. The average molecular weight is 328 g/mol. The molecule has 8 heteroatoms. The van der Waals surface area contributed by atoms with Gasteiger partial charge in [0.25, 0.3) is 5.91 Å². The normalized spacial score (nSPS) is 14.7. The van der Waals surface area contributed by atoms with Crippen LogP contribution in [0.1, 0.15) is 22.8 Å². The molecule has 1 rings (SSSR count). The van der Waals surface area contributed by atoms with Crippen molar-refractivity contribution in [2.45, 2.75) is 18.3 Å². The summed E-state index contributed by atoms with van der Waals surface area (Å²) < 4.78 is 48.9. The summed E-state index contributed by atoms with van der Waals surface area (Å²) in [4.78, 5) is 11.8. The van der Waals surface area contributed by atoms with Crippen molar-refractivity contribution < 1.29 is 22.2 Å². The summed E-state index contributed by atoms with van der Waals surface area (Å²) in [6, 6.07) is 2.64. The molecule has 0 fully saturated rings. The summed E-state index contributed by atoms with van der Waals surface area (Å²) in [5.74, 6) is -0.685. The molecule has 0 heterocycles. The van der Waals surface area contributed by atoms with Crippen molar-refractivity contribution in [2.24, 2.45) is 0 Å². The van der Waals surface area contributed by atoms with E-state index in [0.717, 1.165) is 18.2 Å². The van der Waals surface area contributed by atoms with Crippen LogP contribution < -0.4 is 5.32 Å². The lowest BCUT2D eigenvalue weighted by atomic mass is 10.1. The van der Waals surface area contributed by atoms with Gasteiger partial charge in [0.2, 0.25) is 0 Å². The highest BCUT2D eigenvalue weighted by atomic mass is 35.5. The van der Waals surface area contributed by atoms with Gasteiger partial charge in [-0.05, 0) is 25.1 Å². The quantitative estimate of drug-likeness (QED) is 0.924. The van der Waals surface area contributed by atoms with Gasteiger partial charge < -0.3 is 5.32 Å². The van der Waals surface area contributed by atoms with E-state index in [-0.39, 0.29) is 22.4 Å². The second-order valence-electron chi connectivity index (χ2n) is 4.25. The van der Waals surface area contributed by atoms with Gasteiger partial charge in [-0.15, -0.1) is 0 Å². The monoisotopic (exact) mass is 327 g/mol. The van der Waals surface area contributed by atoms with Crippen LogP contribution >= 0.6 is 11.6 Å². The molecule has 1 aromatic carbocycles. The number of benzene rings is 1. The minimum absolute atomic E-state index is 0.107. The predicted molar refractivity (Wildman–Crippen MR) is 72.3 cm³/mol. The Morgan fingerprint density at radius 2 is 2.00 bits per heavy atom. The molecule has 0 saturated carbocycles. The highest BCUT2D eigenvalue weighted by Crippen LogP contribution is 2.31. The Morgan fingerprint density at radius 3 is 2.50 bits per heavy atom. The van der Waals surface area contributed by atoms with Gasteiger partial charge in [-0.2, -0.15) is 13.2 Å².